The van der Waals surface area contributed by atoms with Gasteiger partial charge in [-0.1, -0.05) is 54.6 Å². The number of nitrogens with zero attached hydrogens (tertiary/aromatic N) is 3. The topological polar surface area (TPSA) is 50.7 Å². The molecule has 4 heterocycles. The molecule has 7 rings (SSSR count). The average molecular weight is 517 g/mol. The van der Waals surface area contributed by atoms with Crippen LogP contribution in [0.25, 0.3) is 60.9 Å². The van der Waals surface area contributed by atoms with Crippen LogP contribution in [0.3, 0.4) is 0 Å². The summed E-state index contributed by atoms with van der Waals surface area (Å²) in [5.41, 5.74) is 10.9. The van der Waals surface area contributed by atoms with E-state index in [2.05, 4.69) is 102 Å². The molecule has 0 radical (unpaired) electrons. The number of pyridine rings is 3. The molecule has 0 saturated heterocycles. The van der Waals surface area contributed by atoms with Gasteiger partial charge in [-0.3, -0.25) is 15.0 Å². The highest BCUT2D eigenvalue weighted by Gasteiger charge is 2.13. The molecule has 1 N–H and O–H groups in total. The minimum Gasteiger partial charge on any atom is -0.380 e. The minimum absolute atomic E-state index is 0.836. The zero-order chi connectivity index (χ0) is 27.1. The number of hydrogen-bond donors (Lipinski definition) is 1. The number of nitrogens with one attached hydrogen (secondary N) is 1. The Labute approximate surface area is 233 Å². The predicted molar refractivity (Wildman–Crippen MR) is 166 cm³/mol. The summed E-state index contributed by atoms with van der Waals surface area (Å²) in [6.45, 7) is 5.29. The first-order valence-electron chi connectivity index (χ1n) is 13.6. The fraction of sp³-hybridized carbons (Fsp3) is 0.0833. The number of rotatable bonds is 4. The molecule has 0 amide bonds. The zero-order valence-corrected chi connectivity index (χ0v) is 22.5. The quantitative estimate of drug-likeness (QED) is 0.240. The first-order valence-corrected chi connectivity index (χ1v) is 13.6. The van der Waals surface area contributed by atoms with Crippen molar-refractivity contribution in [3.05, 3.63) is 133 Å². The largest absolute Gasteiger partial charge is 0.380 e. The molecule has 40 heavy (non-hydrogen) atoms. The molecule has 0 fully saturated rings. The van der Waals surface area contributed by atoms with Crippen LogP contribution >= 0.6 is 0 Å². The van der Waals surface area contributed by atoms with Crippen LogP contribution in [-0.2, 0) is 0 Å². The van der Waals surface area contributed by atoms with Gasteiger partial charge in [0.2, 0.25) is 0 Å². The first-order chi connectivity index (χ1) is 19.7. The third-order valence-electron chi connectivity index (χ3n) is 7.91. The summed E-state index contributed by atoms with van der Waals surface area (Å²) in [6.07, 6.45) is 11.9. The molecule has 192 valence electrons. The molecule has 4 nitrogen and oxygen atoms in total. The van der Waals surface area contributed by atoms with Gasteiger partial charge in [-0.2, -0.15) is 0 Å². The van der Waals surface area contributed by atoms with Gasteiger partial charge in [-0.15, -0.1) is 0 Å². The Morgan fingerprint density at radius 3 is 1.70 bits per heavy atom. The second-order valence-corrected chi connectivity index (χ2v) is 10.2. The van der Waals surface area contributed by atoms with Crippen molar-refractivity contribution in [3.63, 3.8) is 0 Å². The summed E-state index contributed by atoms with van der Waals surface area (Å²) in [6, 6.07) is 27.8. The predicted octanol–water partition coefficient (Wildman–Crippen LogP) is 8.30. The molecule has 0 unspecified atom stereocenters. The Balaban J connectivity index is 1.25. The maximum absolute atomic E-state index is 4.74. The van der Waals surface area contributed by atoms with Crippen LogP contribution in [0.5, 0.6) is 0 Å². The van der Waals surface area contributed by atoms with Crippen molar-refractivity contribution in [2.45, 2.75) is 13.8 Å². The van der Waals surface area contributed by atoms with Gasteiger partial charge >= 0.3 is 0 Å². The summed E-state index contributed by atoms with van der Waals surface area (Å²) < 4.78 is 0. The lowest BCUT2D eigenvalue weighted by Crippen LogP contribution is -2.15. The average Bonchev–Trinajstić information content (AvgIpc) is 3.04. The van der Waals surface area contributed by atoms with E-state index in [4.69, 9.17) is 4.98 Å². The third-order valence-corrected chi connectivity index (χ3v) is 7.91. The maximum Gasteiger partial charge on any atom is 0.0886 e. The van der Waals surface area contributed by atoms with Crippen molar-refractivity contribution >= 4 is 27.2 Å². The summed E-state index contributed by atoms with van der Waals surface area (Å²) in [4.78, 5) is 13.8. The second-order valence-electron chi connectivity index (χ2n) is 10.2. The van der Waals surface area contributed by atoms with Crippen LogP contribution in [0.4, 0.5) is 0 Å². The highest BCUT2D eigenvalue weighted by molar-refractivity contribution is 6.12. The Morgan fingerprint density at radius 2 is 1.18 bits per heavy atom. The van der Waals surface area contributed by atoms with Gasteiger partial charge in [0.05, 0.1) is 22.8 Å². The lowest BCUT2D eigenvalue weighted by molar-refractivity contribution is 0.981. The van der Waals surface area contributed by atoms with Crippen LogP contribution in [0, 0.1) is 13.8 Å². The number of aromatic nitrogens is 3. The Bertz CT molecular complexity index is 1930. The summed E-state index contributed by atoms with van der Waals surface area (Å²) in [5.74, 6) is 0. The normalized spacial score (nSPS) is 12.9. The van der Waals surface area contributed by atoms with Crippen LogP contribution < -0.4 is 5.32 Å². The number of aryl methyl sites for hydroxylation is 2. The maximum atomic E-state index is 4.74. The third kappa shape index (κ3) is 4.24. The Hall–Kier alpha value is -5.09. The fourth-order valence-electron chi connectivity index (χ4n) is 5.53. The summed E-state index contributed by atoms with van der Waals surface area (Å²) >= 11 is 0. The van der Waals surface area contributed by atoms with Crippen molar-refractivity contribution in [1.29, 1.82) is 0 Å². The van der Waals surface area contributed by atoms with Crippen molar-refractivity contribution in [2.75, 3.05) is 6.54 Å². The second kappa shape index (κ2) is 9.90. The molecule has 0 bridgehead atoms. The van der Waals surface area contributed by atoms with Gasteiger partial charge in [0, 0.05) is 36.3 Å². The highest BCUT2D eigenvalue weighted by atomic mass is 14.9. The molecular weight excluding hydrogens is 488 g/mol. The van der Waals surface area contributed by atoms with Crippen LogP contribution in [0.2, 0.25) is 0 Å². The van der Waals surface area contributed by atoms with E-state index in [1.165, 1.54) is 38.2 Å². The van der Waals surface area contributed by atoms with Crippen LogP contribution in [-0.4, -0.2) is 21.5 Å². The molecule has 4 heteroatoms. The molecule has 1 aliphatic heterocycles. The van der Waals surface area contributed by atoms with Gasteiger partial charge < -0.3 is 5.32 Å². The Morgan fingerprint density at radius 1 is 0.575 bits per heavy atom. The molecular formula is C36H28N4. The minimum atomic E-state index is 0.836. The van der Waals surface area contributed by atoms with Crippen molar-refractivity contribution < 1.29 is 0 Å². The van der Waals surface area contributed by atoms with Gasteiger partial charge in [0.1, 0.15) is 0 Å². The summed E-state index contributed by atoms with van der Waals surface area (Å²) in [5, 5.41) is 8.47. The van der Waals surface area contributed by atoms with Gasteiger partial charge in [-0.05, 0) is 100 Å². The van der Waals surface area contributed by atoms with E-state index in [9.17, 15) is 0 Å². The lowest BCUT2D eigenvalue weighted by Gasteiger charge is -2.15. The Kier molecular flexibility index (Phi) is 5.94. The van der Waals surface area contributed by atoms with Crippen molar-refractivity contribution in [1.82, 2.24) is 20.3 Å². The van der Waals surface area contributed by atoms with Crippen LogP contribution in [0.1, 0.15) is 16.8 Å². The molecule has 3 aromatic carbocycles. The SMILES string of the molecule is Cc1c(C)c2cc(-c3ccc(-c4ccccn4)nc3)ccc2c2ccc(-c3ccc(C4=CC=CCN4)nc3)cc12. The van der Waals surface area contributed by atoms with Crippen molar-refractivity contribution in [2.24, 2.45) is 0 Å². The number of benzene rings is 3. The molecule has 0 atom stereocenters. The van der Waals surface area contributed by atoms with Crippen LogP contribution in [0.15, 0.2) is 116 Å². The van der Waals surface area contributed by atoms with E-state index in [0.717, 1.165) is 46.0 Å². The molecule has 1 aliphatic rings. The van der Waals surface area contributed by atoms with E-state index < -0.39 is 0 Å². The smallest absolute Gasteiger partial charge is 0.0886 e. The van der Waals surface area contributed by atoms with Crippen molar-refractivity contribution in [3.8, 4) is 33.6 Å². The summed E-state index contributed by atoms with van der Waals surface area (Å²) in [7, 11) is 0. The lowest BCUT2D eigenvalue weighted by atomic mass is 9.89. The van der Waals surface area contributed by atoms with Gasteiger partial charge in [0.15, 0.2) is 0 Å². The highest BCUT2D eigenvalue weighted by Crippen LogP contribution is 2.37. The first kappa shape index (κ1) is 24.0. The monoisotopic (exact) mass is 516 g/mol. The van der Waals surface area contributed by atoms with E-state index in [0.29, 0.717) is 0 Å². The van der Waals surface area contributed by atoms with Gasteiger partial charge in [-0.25, -0.2) is 0 Å². The number of fused-ring (bicyclic) bond motifs is 3. The number of allylic oxidation sites excluding steroid dienone is 2. The molecule has 6 aromatic rings. The number of dihydropyridines is 1. The molecule has 0 aliphatic carbocycles. The van der Waals surface area contributed by atoms with E-state index in [1.807, 2.05) is 36.7 Å². The molecule has 0 saturated carbocycles. The number of hydrogen-bond acceptors (Lipinski definition) is 4. The van der Waals surface area contributed by atoms with Gasteiger partial charge in [0.25, 0.3) is 0 Å². The van der Waals surface area contributed by atoms with E-state index >= 15 is 0 Å². The fourth-order valence-corrected chi connectivity index (χ4v) is 5.53. The van der Waals surface area contributed by atoms with E-state index in [-0.39, 0.29) is 0 Å². The molecule has 0 spiro atoms. The van der Waals surface area contributed by atoms with E-state index in [1.54, 1.807) is 6.20 Å². The zero-order valence-electron chi connectivity index (χ0n) is 22.5. The standard InChI is InChI=1S/C36H28N4/c1-23-24(2)32-20-26(28-12-16-36(40-22-28)34-8-4-6-18-38-34)10-14-30(32)29-13-9-25(19-31(23)29)27-11-15-35(39-21-27)33-7-3-5-17-37-33/h3-17,19-22,38H,18H2,1-2H3. The molecule has 3 aromatic heterocycles.